The molecule has 1 aromatic rings. The zero-order valence-corrected chi connectivity index (χ0v) is 8.73. The Morgan fingerprint density at radius 3 is 2.57 bits per heavy atom. The minimum atomic E-state index is 0.211. The van der Waals surface area contributed by atoms with Crippen LogP contribution >= 0.6 is 0 Å². The van der Waals surface area contributed by atoms with E-state index in [0.29, 0.717) is 6.04 Å². The Morgan fingerprint density at radius 1 is 1.21 bits per heavy atom. The van der Waals surface area contributed by atoms with Gasteiger partial charge < -0.3 is 10.1 Å². The van der Waals surface area contributed by atoms with E-state index >= 15 is 0 Å². The quantitative estimate of drug-likeness (QED) is 0.734. The molecule has 1 N–H and O–H groups in total. The molecule has 14 heavy (non-hydrogen) atoms. The summed E-state index contributed by atoms with van der Waals surface area (Å²) in [5.41, 5.74) is 1.26. The standard InChI is InChI=1S/C12H17NO/c1-9-10(2)14-12(8-13-9)11-6-4-3-5-7-11/h3-7,9-10,12-13H,8H2,1-2H3. The SMILES string of the molecule is CC1NCC(c2ccccc2)OC1C. The molecule has 1 saturated heterocycles. The summed E-state index contributed by atoms with van der Waals surface area (Å²) in [6, 6.07) is 10.8. The van der Waals surface area contributed by atoms with Gasteiger partial charge in [0.1, 0.15) is 0 Å². The predicted octanol–water partition coefficient (Wildman–Crippen LogP) is 2.12. The molecule has 2 rings (SSSR count). The summed E-state index contributed by atoms with van der Waals surface area (Å²) in [6.45, 7) is 5.19. The molecule has 2 nitrogen and oxygen atoms in total. The van der Waals surface area contributed by atoms with E-state index in [9.17, 15) is 0 Å². The smallest absolute Gasteiger partial charge is 0.0953 e. The first-order valence-corrected chi connectivity index (χ1v) is 5.21. The van der Waals surface area contributed by atoms with Crippen molar-refractivity contribution in [1.29, 1.82) is 0 Å². The summed E-state index contributed by atoms with van der Waals surface area (Å²) in [5, 5.41) is 3.46. The van der Waals surface area contributed by atoms with Gasteiger partial charge >= 0.3 is 0 Å². The Balaban J connectivity index is 2.07. The van der Waals surface area contributed by atoms with Gasteiger partial charge in [-0.05, 0) is 19.4 Å². The lowest BCUT2D eigenvalue weighted by Crippen LogP contribution is -2.46. The van der Waals surface area contributed by atoms with Crippen molar-refractivity contribution in [2.45, 2.75) is 32.1 Å². The highest BCUT2D eigenvalue weighted by atomic mass is 16.5. The van der Waals surface area contributed by atoms with E-state index < -0.39 is 0 Å². The highest BCUT2D eigenvalue weighted by molar-refractivity contribution is 5.18. The van der Waals surface area contributed by atoms with Gasteiger partial charge in [0.15, 0.2) is 0 Å². The Kier molecular flexibility index (Phi) is 2.85. The lowest BCUT2D eigenvalue weighted by molar-refractivity contribution is -0.0508. The fraction of sp³-hybridized carbons (Fsp3) is 0.500. The third-order valence-corrected chi connectivity index (χ3v) is 2.88. The molecule has 1 aliphatic rings. The predicted molar refractivity (Wildman–Crippen MR) is 57.2 cm³/mol. The number of benzene rings is 1. The molecule has 3 unspecified atom stereocenters. The van der Waals surface area contributed by atoms with Gasteiger partial charge in [-0.15, -0.1) is 0 Å². The Bertz CT molecular complexity index is 286. The van der Waals surface area contributed by atoms with Crippen LogP contribution in [0.2, 0.25) is 0 Å². The maximum Gasteiger partial charge on any atom is 0.0953 e. The molecule has 1 aliphatic heterocycles. The van der Waals surface area contributed by atoms with E-state index in [1.54, 1.807) is 0 Å². The van der Waals surface area contributed by atoms with Crippen molar-refractivity contribution in [3.63, 3.8) is 0 Å². The summed E-state index contributed by atoms with van der Waals surface area (Å²) in [4.78, 5) is 0. The van der Waals surface area contributed by atoms with Gasteiger partial charge in [0.25, 0.3) is 0 Å². The van der Waals surface area contributed by atoms with Crippen LogP contribution in [0.25, 0.3) is 0 Å². The molecule has 2 heteroatoms. The van der Waals surface area contributed by atoms with Crippen molar-refractivity contribution < 1.29 is 4.74 Å². The van der Waals surface area contributed by atoms with Crippen LogP contribution in [0.1, 0.15) is 25.5 Å². The lowest BCUT2D eigenvalue weighted by Gasteiger charge is -2.34. The first-order valence-electron chi connectivity index (χ1n) is 5.21. The molecule has 0 amide bonds. The van der Waals surface area contributed by atoms with Gasteiger partial charge in [0.2, 0.25) is 0 Å². The number of hydrogen-bond acceptors (Lipinski definition) is 2. The fourth-order valence-corrected chi connectivity index (χ4v) is 1.75. The number of morpholine rings is 1. The molecule has 0 radical (unpaired) electrons. The third kappa shape index (κ3) is 1.97. The van der Waals surface area contributed by atoms with Gasteiger partial charge in [-0.25, -0.2) is 0 Å². The molecular weight excluding hydrogens is 174 g/mol. The van der Waals surface area contributed by atoms with Gasteiger partial charge in [0, 0.05) is 12.6 Å². The molecule has 1 aromatic carbocycles. The van der Waals surface area contributed by atoms with Gasteiger partial charge in [-0.1, -0.05) is 30.3 Å². The summed E-state index contributed by atoms with van der Waals surface area (Å²) in [5.74, 6) is 0. The summed E-state index contributed by atoms with van der Waals surface area (Å²) >= 11 is 0. The van der Waals surface area contributed by atoms with Crippen LogP contribution in [0.15, 0.2) is 30.3 Å². The minimum Gasteiger partial charge on any atom is -0.368 e. The monoisotopic (exact) mass is 191 g/mol. The van der Waals surface area contributed by atoms with Crippen molar-refractivity contribution in [2.24, 2.45) is 0 Å². The second kappa shape index (κ2) is 4.11. The van der Waals surface area contributed by atoms with Crippen LogP contribution < -0.4 is 5.32 Å². The van der Waals surface area contributed by atoms with Crippen LogP contribution in [0.4, 0.5) is 0 Å². The maximum absolute atomic E-state index is 5.92. The first-order chi connectivity index (χ1) is 6.77. The topological polar surface area (TPSA) is 21.3 Å². The highest BCUT2D eigenvalue weighted by Gasteiger charge is 2.25. The molecule has 0 bridgehead atoms. The van der Waals surface area contributed by atoms with Crippen molar-refractivity contribution in [3.8, 4) is 0 Å². The molecule has 1 fully saturated rings. The molecule has 1 heterocycles. The van der Waals surface area contributed by atoms with Crippen LogP contribution in [0.5, 0.6) is 0 Å². The average molecular weight is 191 g/mol. The second-order valence-electron chi connectivity index (χ2n) is 3.94. The normalized spacial score (nSPS) is 32.9. The molecule has 3 atom stereocenters. The zero-order valence-electron chi connectivity index (χ0n) is 8.73. The number of ether oxygens (including phenoxy) is 1. The van der Waals surface area contributed by atoms with Crippen LogP contribution in [0, 0.1) is 0 Å². The fourth-order valence-electron chi connectivity index (χ4n) is 1.75. The molecule has 76 valence electrons. The molecular formula is C12H17NO. The van der Waals surface area contributed by atoms with E-state index in [-0.39, 0.29) is 12.2 Å². The summed E-state index contributed by atoms with van der Waals surface area (Å²) in [6.07, 6.45) is 0.497. The average Bonchev–Trinajstić information content (AvgIpc) is 2.23. The van der Waals surface area contributed by atoms with Crippen LogP contribution in [-0.4, -0.2) is 18.7 Å². The largest absolute Gasteiger partial charge is 0.368 e. The van der Waals surface area contributed by atoms with Crippen molar-refractivity contribution in [3.05, 3.63) is 35.9 Å². The van der Waals surface area contributed by atoms with Crippen LogP contribution in [0.3, 0.4) is 0 Å². The lowest BCUT2D eigenvalue weighted by atomic mass is 10.1. The Hall–Kier alpha value is -0.860. The number of hydrogen-bond donors (Lipinski definition) is 1. The van der Waals surface area contributed by atoms with Crippen molar-refractivity contribution >= 4 is 0 Å². The van der Waals surface area contributed by atoms with Gasteiger partial charge in [-0.2, -0.15) is 0 Å². The van der Waals surface area contributed by atoms with E-state index in [1.165, 1.54) is 5.56 Å². The van der Waals surface area contributed by atoms with Crippen LogP contribution in [-0.2, 0) is 4.74 Å². The molecule has 0 saturated carbocycles. The third-order valence-electron chi connectivity index (χ3n) is 2.88. The van der Waals surface area contributed by atoms with Gasteiger partial charge in [0.05, 0.1) is 12.2 Å². The van der Waals surface area contributed by atoms with Gasteiger partial charge in [-0.3, -0.25) is 0 Å². The first kappa shape index (κ1) is 9.69. The van der Waals surface area contributed by atoms with E-state index in [4.69, 9.17) is 4.74 Å². The summed E-state index contributed by atoms with van der Waals surface area (Å²) in [7, 11) is 0. The second-order valence-corrected chi connectivity index (χ2v) is 3.94. The minimum absolute atomic E-state index is 0.211. The highest BCUT2D eigenvalue weighted by Crippen LogP contribution is 2.22. The van der Waals surface area contributed by atoms with E-state index in [2.05, 4.69) is 43.4 Å². The molecule has 0 aliphatic carbocycles. The Labute approximate surface area is 85.3 Å². The zero-order chi connectivity index (χ0) is 9.97. The Morgan fingerprint density at radius 2 is 1.93 bits per heavy atom. The van der Waals surface area contributed by atoms with E-state index in [0.717, 1.165) is 6.54 Å². The number of nitrogens with one attached hydrogen (secondary N) is 1. The van der Waals surface area contributed by atoms with Crippen molar-refractivity contribution in [2.75, 3.05) is 6.54 Å². The van der Waals surface area contributed by atoms with Crippen molar-refractivity contribution in [1.82, 2.24) is 5.32 Å². The molecule has 0 aromatic heterocycles. The maximum atomic E-state index is 5.92. The summed E-state index contributed by atoms with van der Waals surface area (Å²) < 4.78 is 5.92. The van der Waals surface area contributed by atoms with E-state index in [1.807, 2.05) is 6.07 Å². The molecule has 0 spiro atoms. The number of rotatable bonds is 1.